The molecule has 2 aromatic rings. The number of aromatic nitrogens is 2. The van der Waals surface area contributed by atoms with Crippen LogP contribution in [0.4, 0.5) is 11.4 Å². The van der Waals surface area contributed by atoms with Crippen molar-refractivity contribution in [3.63, 3.8) is 0 Å². The van der Waals surface area contributed by atoms with Crippen molar-refractivity contribution in [2.24, 2.45) is 18.1 Å². The van der Waals surface area contributed by atoms with Crippen molar-refractivity contribution in [2.45, 2.75) is 20.0 Å². The molecule has 2 aliphatic heterocycles. The maximum absolute atomic E-state index is 13.0. The predicted molar refractivity (Wildman–Crippen MR) is 96.1 cm³/mol. The van der Waals surface area contributed by atoms with Crippen molar-refractivity contribution >= 4 is 34.8 Å². The summed E-state index contributed by atoms with van der Waals surface area (Å²) in [6.07, 6.45) is 0.643. The van der Waals surface area contributed by atoms with Gasteiger partial charge in [0.1, 0.15) is 11.6 Å². The number of benzene rings is 1. The summed E-state index contributed by atoms with van der Waals surface area (Å²) >= 11 is 0. The highest BCUT2D eigenvalue weighted by atomic mass is 16.6. The Morgan fingerprint density at radius 2 is 1.89 bits per heavy atom. The Kier molecular flexibility index (Phi) is 3.79. The topological polar surface area (TPSA) is 106 Å². The van der Waals surface area contributed by atoms with Gasteiger partial charge in [-0.25, -0.2) is 4.90 Å². The summed E-state index contributed by atoms with van der Waals surface area (Å²) in [5, 5.41) is 10.8. The second-order valence-electron chi connectivity index (χ2n) is 6.49. The molecule has 9 nitrogen and oxygen atoms in total. The van der Waals surface area contributed by atoms with Crippen LogP contribution in [0, 0.1) is 12.8 Å². The first kappa shape index (κ1) is 17.0. The number of oxime groups is 1. The first-order valence-electron chi connectivity index (χ1n) is 8.36. The molecular formula is C18H17N5O4. The van der Waals surface area contributed by atoms with E-state index in [1.54, 1.807) is 42.2 Å². The Bertz CT molecular complexity index is 992. The number of nitrogens with zero attached hydrogens (tertiary/aromatic N) is 4. The van der Waals surface area contributed by atoms with Crippen LogP contribution in [0.1, 0.15) is 18.2 Å². The second kappa shape index (κ2) is 6.04. The minimum Gasteiger partial charge on any atom is -0.381 e. The van der Waals surface area contributed by atoms with E-state index in [0.29, 0.717) is 22.6 Å². The normalized spacial score (nSPS) is 21.1. The number of hydrogen-bond acceptors (Lipinski definition) is 6. The van der Waals surface area contributed by atoms with E-state index in [9.17, 15) is 14.4 Å². The monoisotopic (exact) mass is 367 g/mol. The van der Waals surface area contributed by atoms with Gasteiger partial charge in [-0.3, -0.25) is 19.1 Å². The average molecular weight is 367 g/mol. The molecule has 9 heteroatoms. The molecule has 1 saturated heterocycles. The highest BCUT2D eigenvalue weighted by Gasteiger charge is 2.56. The van der Waals surface area contributed by atoms with E-state index < -0.39 is 23.8 Å². The average Bonchev–Trinajstić information content (AvgIpc) is 3.26. The van der Waals surface area contributed by atoms with Crippen LogP contribution >= 0.6 is 0 Å². The quantitative estimate of drug-likeness (QED) is 0.814. The second-order valence-corrected chi connectivity index (χ2v) is 6.49. The van der Waals surface area contributed by atoms with Crippen LogP contribution in [0.25, 0.3) is 0 Å². The van der Waals surface area contributed by atoms with Gasteiger partial charge in [0, 0.05) is 30.9 Å². The fraction of sp³-hybridized carbons (Fsp3) is 0.278. The molecule has 0 bridgehead atoms. The van der Waals surface area contributed by atoms with Gasteiger partial charge in [-0.2, -0.15) is 5.10 Å². The Hall–Kier alpha value is -3.49. The van der Waals surface area contributed by atoms with Crippen molar-refractivity contribution in [1.29, 1.82) is 0 Å². The molecule has 1 aromatic carbocycles. The van der Waals surface area contributed by atoms with Gasteiger partial charge in [0.15, 0.2) is 0 Å². The molecule has 2 atom stereocenters. The Balaban J connectivity index is 1.64. The molecule has 2 aliphatic rings. The Morgan fingerprint density at radius 1 is 1.19 bits per heavy atom. The van der Waals surface area contributed by atoms with Crippen LogP contribution in [-0.4, -0.2) is 39.3 Å². The summed E-state index contributed by atoms with van der Waals surface area (Å²) < 4.78 is 1.67. The summed E-state index contributed by atoms with van der Waals surface area (Å²) in [5.41, 5.74) is 2.93. The largest absolute Gasteiger partial charge is 0.381 e. The molecule has 3 heterocycles. The number of fused-ring (bicyclic) bond motifs is 1. The van der Waals surface area contributed by atoms with Gasteiger partial charge in [0.2, 0.25) is 17.9 Å². The molecule has 27 heavy (non-hydrogen) atoms. The first-order valence-corrected chi connectivity index (χ1v) is 8.36. The van der Waals surface area contributed by atoms with Crippen LogP contribution in [0.3, 0.4) is 0 Å². The number of rotatable bonds is 3. The molecule has 0 unspecified atom stereocenters. The zero-order valence-corrected chi connectivity index (χ0v) is 15.0. The Morgan fingerprint density at radius 3 is 2.48 bits per heavy atom. The van der Waals surface area contributed by atoms with Crippen LogP contribution in [-0.2, 0) is 26.3 Å². The number of hydrogen-bond donors (Lipinski definition) is 1. The molecular weight excluding hydrogens is 350 g/mol. The molecule has 0 radical (unpaired) electrons. The lowest BCUT2D eigenvalue weighted by molar-refractivity contribution is -0.126. The molecule has 1 fully saturated rings. The summed E-state index contributed by atoms with van der Waals surface area (Å²) in [6.45, 7) is 3.26. The van der Waals surface area contributed by atoms with Crippen molar-refractivity contribution < 1.29 is 19.2 Å². The van der Waals surface area contributed by atoms with Gasteiger partial charge < -0.3 is 10.2 Å². The third-order valence-corrected chi connectivity index (χ3v) is 4.77. The van der Waals surface area contributed by atoms with Crippen LogP contribution in [0.2, 0.25) is 0 Å². The zero-order valence-electron chi connectivity index (χ0n) is 15.0. The van der Waals surface area contributed by atoms with Gasteiger partial charge in [0.25, 0.3) is 5.91 Å². The molecule has 138 valence electrons. The summed E-state index contributed by atoms with van der Waals surface area (Å²) in [6, 6.07) is 6.47. The maximum Gasteiger partial charge on any atom is 0.278 e. The van der Waals surface area contributed by atoms with Crippen LogP contribution in [0.5, 0.6) is 0 Å². The molecule has 4 rings (SSSR count). The van der Waals surface area contributed by atoms with Crippen molar-refractivity contribution in [3.05, 3.63) is 41.7 Å². The lowest BCUT2D eigenvalue weighted by atomic mass is 9.94. The molecule has 0 saturated carbocycles. The van der Waals surface area contributed by atoms with Crippen LogP contribution < -0.4 is 10.2 Å². The SMILES string of the molecule is CC(=O)Nc1ccc(N2C(=O)[C@H]3C(c4cnn(C)c4C)=NO[C@H]3C2=O)cc1. The van der Waals surface area contributed by atoms with Gasteiger partial charge in [0.05, 0.1) is 11.9 Å². The summed E-state index contributed by atoms with van der Waals surface area (Å²) in [4.78, 5) is 43.3. The number of imide groups is 1. The van der Waals surface area contributed by atoms with E-state index in [-0.39, 0.29) is 5.91 Å². The van der Waals surface area contributed by atoms with Crippen LogP contribution in [0.15, 0.2) is 35.6 Å². The fourth-order valence-corrected chi connectivity index (χ4v) is 3.30. The summed E-state index contributed by atoms with van der Waals surface area (Å²) in [7, 11) is 1.79. The van der Waals surface area contributed by atoms with Crippen molar-refractivity contribution in [2.75, 3.05) is 10.2 Å². The van der Waals surface area contributed by atoms with Gasteiger partial charge in [-0.15, -0.1) is 0 Å². The molecule has 3 amide bonds. The first-order chi connectivity index (χ1) is 12.9. The van der Waals surface area contributed by atoms with E-state index in [2.05, 4.69) is 15.6 Å². The number of carbonyl (C=O) groups excluding carboxylic acids is 3. The molecule has 1 aromatic heterocycles. The van der Waals surface area contributed by atoms with E-state index in [1.165, 1.54) is 6.92 Å². The molecule has 0 spiro atoms. The Labute approximate surface area is 154 Å². The third-order valence-electron chi connectivity index (χ3n) is 4.77. The third kappa shape index (κ3) is 2.59. The lowest BCUT2D eigenvalue weighted by Gasteiger charge is -2.16. The smallest absolute Gasteiger partial charge is 0.278 e. The molecule has 0 aliphatic carbocycles. The number of nitrogens with one attached hydrogen (secondary N) is 1. The van der Waals surface area contributed by atoms with Crippen molar-refractivity contribution in [1.82, 2.24) is 9.78 Å². The predicted octanol–water partition coefficient (Wildman–Crippen LogP) is 0.979. The van der Waals surface area contributed by atoms with E-state index in [0.717, 1.165) is 10.6 Å². The zero-order chi connectivity index (χ0) is 19.3. The van der Waals surface area contributed by atoms with Gasteiger partial charge >= 0.3 is 0 Å². The highest BCUT2D eigenvalue weighted by Crippen LogP contribution is 2.35. The summed E-state index contributed by atoms with van der Waals surface area (Å²) in [5.74, 6) is -1.85. The van der Waals surface area contributed by atoms with Gasteiger partial charge in [-0.1, -0.05) is 5.16 Å². The number of anilines is 2. The number of aryl methyl sites for hydroxylation is 1. The van der Waals surface area contributed by atoms with Gasteiger partial charge in [-0.05, 0) is 31.2 Å². The standard InChI is InChI=1S/C18H17N5O4/c1-9-13(8-19-22(9)3)15-14-16(27-21-15)18(26)23(17(14)25)12-6-4-11(5-7-12)20-10(2)24/h4-8,14,16H,1-3H3,(H,20,24)/t14-,16+/m0/s1. The van der Waals surface area contributed by atoms with E-state index in [4.69, 9.17) is 4.84 Å². The minimum absolute atomic E-state index is 0.202. The number of carbonyl (C=O) groups is 3. The fourth-order valence-electron chi connectivity index (χ4n) is 3.30. The minimum atomic E-state index is -0.970. The molecule has 1 N–H and O–H groups in total. The van der Waals surface area contributed by atoms with Crippen molar-refractivity contribution in [3.8, 4) is 0 Å². The van der Waals surface area contributed by atoms with E-state index >= 15 is 0 Å². The number of amides is 3. The van der Waals surface area contributed by atoms with E-state index in [1.807, 2.05) is 6.92 Å². The maximum atomic E-state index is 13.0. The lowest BCUT2D eigenvalue weighted by Crippen LogP contribution is -2.33. The highest BCUT2D eigenvalue weighted by molar-refractivity contribution is 6.32.